The molecule has 2 rings (SSSR count). The Kier molecular flexibility index (Phi) is 4.89. The maximum absolute atomic E-state index is 12.3. The molecule has 0 radical (unpaired) electrons. The van der Waals surface area contributed by atoms with Crippen molar-refractivity contribution in [2.45, 2.75) is 32.1 Å². The summed E-state index contributed by atoms with van der Waals surface area (Å²) in [6, 6.07) is 5.53. The molecule has 4 heteroatoms. The lowest BCUT2D eigenvalue weighted by atomic mass is 9.83. The van der Waals surface area contributed by atoms with Crippen molar-refractivity contribution in [2.75, 3.05) is 7.11 Å². The van der Waals surface area contributed by atoms with Gasteiger partial charge in [-0.05, 0) is 30.5 Å². The topological polar surface area (TPSA) is 63.0 Å². The summed E-state index contributed by atoms with van der Waals surface area (Å²) in [5, 5.41) is 9.20. The third kappa shape index (κ3) is 3.45. The van der Waals surface area contributed by atoms with Gasteiger partial charge in [0.2, 0.25) is 5.88 Å². The van der Waals surface area contributed by atoms with Gasteiger partial charge in [-0.2, -0.15) is 5.26 Å². The fourth-order valence-electron chi connectivity index (χ4n) is 2.51. The second-order valence-electron chi connectivity index (χ2n) is 5.00. The summed E-state index contributed by atoms with van der Waals surface area (Å²) < 4.78 is 4.98. The summed E-state index contributed by atoms with van der Waals surface area (Å²) in [5.41, 5.74) is 0.968. The standard InChI is InChI=1S/C16H18N2O2/c1-20-15-8-7-12(11-18-15)9-14(10-17)16(19)13-5-3-2-4-6-13/h7-9,11,13H,2-6H2,1H3. The number of rotatable bonds is 4. The van der Waals surface area contributed by atoms with E-state index in [1.54, 1.807) is 31.5 Å². The van der Waals surface area contributed by atoms with E-state index in [-0.39, 0.29) is 17.3 Å². The van der Waals surface area contributed by atoms with Crippen LogP contribution in [0.5, 0.6) is 5.88 Å². The van der Waals surface area contributed by atoms with Crippen molar-refractivity contribution in [1.29, 1.82) is 5.26 Å². The zero-order chi connectivity index (χ0) is 14.4. The number of Topliss-reactive ketones (excluding diaryl/α,β-unsaturated/α-hetero) is 1. The molecule has 1 aromatic heterocycles. The van der Waals surface area contributed by atoms with Crippen molar-refractivity contribution in [3.63, 3.8) is 0 Å². The van der Waals surface area contributed by atoms with Crippen molar-refractivity contribution < 1.29 is 9.53 Å². The second kappa shape index (κ2) is 6.85. The van der Waals surface area contributed by atoms with Crippen LogP contribution in [0.2, 0.25) is 0 Å². The average molecular weight is 270 g/mol. The molecule has 1 aliphatic rings. The van der Waals surface area contributed by atoms with E-state index >= 15 is 0 Å². The Balaban J connectivity index is 2.15. The van der Waals surface area contributed by atoms with Crippen molar-refractivity contribution in [2.24, 2.45) is 5.92 Å². The van der Waals surface area contributed by atoms with Gasteiger partial charge in [0.1, 0.15) is 6.07 Å². The third-order valence-corrected chi connectivity index (χ3v) is 3.64. The monoisotopic (exact) mass is 270 g/mol. The molecular weight excluding hydrogens is 252 g/mol. The predicted molar refractivity (Wildman–Crippen MR) is 76.0 cm³/mol. The van der Waals surface area contributed by atoms with E-state index in [1.165, 1.54) is 6.42 Å². The highest BCUT2D eigenvalue weighted by atomic mass is 16.5. The maximum Gasteiger partial charge on any atom is 0.212 e. The minimum absolute atomic E-state index is 0.0147. The van der Waals surface area contributed by atoms with E-state index in [0.29, 0.717) is 5.88 Å². The number of methoxy groups -OCH3 is 1. The molecule has 0 atom stereocenters. The minimum atomic E-state index is -0.0250. The van der Waals surface area contributed by atoms with Gasteiger partial charge < -0.3 is 4.74 Å². The van der Waals surface area contributed by atoms with Crippen LogP contribution in [-0.4, -0.2) is 17.9 Å². The van der Waals surface area contributed by atoms with Crippen LogP contribution in [0, 0.1) is 17.2 Å². The van der Waals surface area contributed by atoms with Gasteiger partial charge >= 0.3 is 0 Å². The number of aromatic nitrogens is 1. The zero-order valence-electron chi connectivity index (χ0n) is 11.6. The molecule has 1 aromatic rings. The number of pyridine rings is 1. The molecule has 1 aliphatic carbocycles. The van der Waals surface area contributed by atoms with E-state index in [9.17, 15) is 10.1 Å². The number of hydrogen-bond acceptors (Lipinski definition) is 4. The number of carbonyl (C=O) groups is 1. The largest absolute Gasteiger partial charge is 0.481 e. The predicted octanol–water partition coefficient (Wildman–Crippen LogP) is 3.15. The first-order chi connectivity index (χ1) is 9.74. The Bertz CT molecular complexity index is 535. The molecule has 0 aliphatic heterocycles. The number of hydrogen-bond donors (Lipinski definition) is 0. The van der Waals surface area contributed by atoms with Crippen molar-refractivity contribution >= 4 is 11.9 Å². The first-order valence-corrected chi connectivity index (χ1v) is 6.90. The smallest absolute Gasteiger partial charge is 0.212 e. The van der Waals surface area contributed by atoms with E-state index < -0.39 is 0 Å². The quantitative estimate of drug-likeness (QED) is 0.623. The Morgan fingerprint density at radius 3 is 2.70 bits per heavy atom. The van der Waals surface area contributed by atoms with Crippen molar-refractivity contribution in [1.82, 2.24) is 4.98 Å². The molecule has 0 saturated heterocycles. The summed E-state index contributed by atoms with van der Waals surface area (Å²) in [7, 11) is 1.55. The molecule has 4 nitrogen and oxygen atoms in total. The Labute approximate surface area is 119 Å². The van der Waals surface area contributed by atoms with E-state index in [4.69, 9.17) is 4.74 Å². The molecule has 0 spiro atoms. The Hall–Kier alpha value is -2.15. The first-order valence-electron chi connectivity index (χ1n) is 6.90. The van der Waals surface area contributed by atoms with E-state index in [0.717, 1.165) is 31.2 Å². The van der Waals surface area contributed by atoms with Gasteiger partial charge in [-0.15, -0.1) is 0 Å². The van der Waals surface area contributed by atoms with Crippen LogP contribution in [0.25, 0.3) is 6.08 Å². The van der Waals surface area contributed by atoms with E-state index in [2.05, 4.69) is 4.98 Å². The number of ketones is 1. The number of nitriles is 1. The van der Waals surface area contributed by atoms with Crippen LogP contribution in [0.1, 0.15) is 37.7 Å². The van der Waals surface area contributed by atoms with Gasteiger partial charge in [0.25, 0.3) is 0 Å². The van der Waals surface area contributed by atoms with Crippen molar-refractivity contribution in [3.05, 3.63) is 29.5 Å². The third-order valence-electron chi connectivity index (χ3n) is 3.64. The van der Waals surface area contributed by atoms with Crippen LogP contribution in [0.4, 0.5) is 0 Å². The van der Waals surface area contributed by atoms with Crippen molar-refractivity contribution in [3.8, 4) is 11.9 Å². The lowest BCUT2D eigenvalue weighted by Crippen LogP contribution is -2.18. The highest BCUT2D eigenvalue weighted by Gasteiger charge is 2.23. The zero-order valence-corrected chi connectivity index (χ0v) is 11.6. The minimum Gasteiger partial charge on any atom is -0.481 e. The van der Waals surface area contributed by atoms with Gasteiger partial charge in [0.15, 0.2) is 5.78 Å². The van der Waals surface area contributed by atoms with Crippen LogP contribution in [0.15, 0.2) is 23.9 Å². The molecule has 0 N–H and O–H groups in total. The van der Waals surface area contributed by atoms with Crippen LogP contribution in [0.3, 0.4) is 0 Å². The SMILES string of the molecule is COc1ccc(C=C(C#N)C(=O)C2CCCCC2)cn1. The molecule has 1 heterocycles. The highest BCUT2D eigenvalue weighted by Crippen LogP contribution is 2.27. The normalized spacial score (nSPS) is 16.5. The summed E-state index contributed by atoms with van der Waals surface area (Å²) in [6.45, 7) is 0. The van der Waals surface area contributed by atoms with Gasteiger partial charge in [0, 0.05) is 18.2 Å². The van der Waals surface area contributed by atoms with Crippen LogP contribution in [-0.2, 0) is 4.79 Å². The number of ether oxygens (including phenoxy) is 1. The van der Waals surface area contributed by atoms with Gasteiger partial charge in [-0.25, -0.2) is 4.98 Å². The fraction of sp³-hybridized carbons (Fsp3) is 0.438. The fourth-order valence-corrected chi connectivity index (χ4v) is 2.51. The number of nitrogens with zero attached hydrogens (tertiary/aromatic N) is 2. The van der Waals surface area contributed by atoms with Gasteiger partial charge in [-0.3, -0.25) is 4.79 Å². The lowest BCUT2D eigenvalue weighted by molar-refractivity contribution is -0.119. The van der Waals surface area contributed by atoms with E-state index in [1.807, 2.05) is 6.07 Å². The van der Waals surface area contributed by atoms with Crippen LogP contribution >= 0.6 is 0 Å². The Morgan fingerprint density at radius 1 is 1.40 bits per heavy atom. The maximum atomic E-state index is 12.3. The summed E-state index contributed by atoms with van der Waals surface area (Å²) in [6.07, 6.45) is 8.38. The molecule has 0 aromatic carbocycles. The summed E-state index contributed by atoms with van der Waals surface area (Å²) >= 11 is 0. The molecule has 1 fully saturated rings. The molecule has 0 unspecified atom stereocenters. The molecule has 0 bridgehead atoms. The first kappa shape index (κ1) is 14.3. The molecular formula is C16H18N2O2. The molecule has 20 heavy (non-hydrogen) atoms. The second-order valence-corrected chi connectivity index (χ2v) is 5.00. The highest BCUT2D eigenvalue weighted by molar-refractivity contribution is 6.04. The summed E-state index contributed by atoms with van der Waals surface area (Å²) in [5.74, 6) is 0.503. The Morgan fingerprint density at radius 2 is 2.15 bits per heavy atom. The molecule has 0 amide bonds. The number of carbonyl (C=O) groups excluding carboxylic acids is 1. The number of allylic oxidation sites excluding steroid dienone is 1. The lowest BCUT2D eigenvalue weighted by Gasteiger charge is -2.19. The van der Waals surface area contributed by atoms with Crippen LogP contribution < -0.4 is 4.74 Å². The molecule has 104 valence electrons. The summed E-state index contributed by atoms with van der Waals surface area (Å²) in [4.78, 5) is 16.4. The van der Waals surface area contributed by atoms with Gasteiger partial charge in [0.05, 0.1) is 12.7 Å². The van der Waals surface area contributed by atoms with Gasteiger partial charge in [-0.1, -0.05) is 19.3 Å². The average Bonchev–Trinajstić information content (AvgIpc) is 2.53. The molecule has 1 saturated carbocycles.